The normalized spacial score (nSPS) is 29.9. The molecule has 1 fully saturated rings. The number of methoxy groups -OCH3 is 1. The molecule has 0 radical (unpaired) electrons. The van der Waals surface area contributed by atoms with Gasteiger partial charge in [-0.2, -0.15) is 0 Å². The standard InChI is InChI=1S/C16H23NO4/c1-17(21-3)15(19)16-9-5-4-8-13(16)12(7-6-10-16)11-14(18)20-2/h4,8,11,13H,5-7,9-10H2,1-3H3/b12-11+/t13-,16+/m1/s1. The van der Waals surface area contributed by atoms with Crippen molar-refractivity contribution >= 4 is 11.9 Å². The number of carbonyl (C=O) groups excluding carboxylic acids is 2. The molecule has 0 aromatic rings. The van der Waals surface area contributed by atoms with Crippen molar-refractivity contribution in [1.82, 2.24) is 5.06 Å². The van der Waals surface area contributed by atoms with E-state index in [9.17, 15) is 9.59 Å². The van der Waals surface area contributed by atoms with Crippen molar-refractivity contribution in [1.29, 1.82) is 0 Å². The third kappa shape index (κ3) is 2.88. The number of amides is 1. The van der Waals surface area contributed by atoms with E-state index >= 15 is 0 Å². The molecular formula is C16H23NO4. The molecule has 0 heterocycles. The van der Waals surface area contributed by atoms with Crippen molar-refractivity contribution in [3.8, 4) is 0 Å². The summed E-state index contributed by atoms with van der Waals surface area (Å²) in [4.78, 5) is 29.5. The van der Waals surface area contributed by atoms with Gasteiger partial charge in [-0.3, -0.25) is 9.63 Å². The lowest BCUT2D eigenvalue weighted by Gasteiger charge is -2.46. The van der Waals surface area contributed by atoms with E-state index in [0.717, 1.165) is 37.7 Å². The van der Waals surface area contributed by atoms with Crippen LogP contribution < -0.4 is 0 Å². The Hall–Kier alpha value is -1.62. The third-order valence-electron chi connectivity index (χ3n) is 4.66. The fourth-order valence-electron chi connectivity index (χ4n) is 3.55. The first kappa shape index (κ1) is 15.8. The summed E-state index contributed by atoms with van der Waals surface area (Å²) in [5.74, 6) is -0.397. The maximum atomic E-state index is 12.8. The maximum absolute atomic E-state index is 12.8. The molecule has 0 spiro atoms. The molecule has 116 valence electrons. The van der Waals surface area contributed by atoms with Crippen LogP contribution in [0.5, 0.6) is 0 Å². The predicted octanol–water partition coefficient (Wildman–Crippen LogP) is 2.24. The van der Waals surface area contributed by atoms with E-state index in [4.69, 9.17) is 9.57 Å². The Kier molecular flexibility index (Phi) is 4.83. The van der Waals surface area contributed by atoms with Gasteiger partial charge in [-0.05, 0) is 32.1 Å². The van der Waals surface area contributed by atoms with Crippen LogP contribution in [0.3, 0.4) is 0 Å². The Morgan fingerprint density at radius 1 is 1.38 bits per heavy atom. The van der Waals surface area contributed by atoms with Crippen LogP contribution in [0.15, 0.2) is 23.8 Å². The predicted molar refractivity (Wildman–Crippen MR) is 78.0 cm³/mol. The van der Waals surface area contributed by atoms with E-state index in [-0.39, 0.29) is 17.8 Å². The second kappa shape index (κ2) is 6.43. The number of hydrogen-bond acceptors (Lipinski definition) is 4. The molecule has 2 rings (SSSR count). The van der Waals surface area contributed by atoms with E-state index in [1.165, 1.54) is 19.3 Å². The zero-order chi connectivity index (χ0) is 15.5. The van der Waals surface area contributed by atoms with Crippen molar-refractivity contribution < 1.29 is 19.2 Å². The quantitative estimate of drug-likeness (QED) is 0.346. The number of hydroxylamine groups is 2. The fourth-order valence-corrected chi connectivity index (χ4v) is 3.55. The van der Waals surface area contributed by atoms with Gasteiger partial charge >= 0.3 is 5.97 Å². The summed E-state index contributed by atoms with van der Waals surface area (Å²) in [6.45, 7) is 0. The van der Waals surface area contributed by atoms with Crippen LogP contribution in [-0.4, -0.2) is 38.2 Å². The minimum atomic E-state index is -0.488. The van der Waals surface area contributed by atoms with Gasteiger partial charge in [0.25, 0.3) is 5.91 Å². The summed E-state index contributed by atoms with van der Waals surface area (Å²) in [5, 5.41) is 1.31. The Bertz CT molecular complexity index is 483. The average Bonchev–Trinajstić information content (AvgIpc) is 2.53. The molecule has 0 aromatic heterocycles. The van der Waals surface area contributed by atoms with Crippen molar-refractivity contribution in [3.05, 3.63) is 23.8 Å². The lowest BCUT2D eigenvalue weighted by atomic mass is 9.59. The van der Waals surface area contributed by atoms with Crippen LogP contribution in [0, 0.1) is 11.3 Å². The van der Waals surface area contributed by atoms with Gasteiger partial charge in [0, 0.05) is 19.0 Å². The molecule has 5 heteroatoms. The molecule has 0 aromatic carbocycles. The summed E-state index contributed by atoms with van der Waals surface area (Å²) in [6.07, 6.45) is 9.94. The fraction of sp³-hybridized carbons (Fsp3) is 0.625. The zero-order valence-corrected chi connectivity index (χ0v) is 12.9. The van der Waals surface area contributed by atoms with Crippen LogP contribution in [0.25, 0.3) is 0 Å². The smallest absolute Gasteiger partial charge is 0.330 e. The van der Waals surface area contributed by atoms with E-state index in [1.54, 1.807) is 13.1 Å². The third-order valence-corrected chi connectivity index (χ3v) is 4.66. The van der Waals surface area contributed by atoms with Crippen LogP contribution in [0.2, 0.25) is 0 Å². The molecule has 2 atom stereocenters. The van der Waals surface area contributed by atoms with Gasteiger partial charge in [0.05, 0.1) is 19.6 Å². The van der Waals surface area contributed by atoms with Gasteiger partial charge in [-0.25, -0.2) is 9.86 Å². The van der Waals surface area contributed by atoms with Crippen LogP contribution in [-0.2, 0) is 19.2 Å². The molecule has 1 amide bonds. The van der Waals surface area contributed by atoms with Gasteiger partial charge in [0.15, 0.2) is 0 Å². The highest BCUT2D eigenvalue weighted by atomic mass is 16.7. The molecule has 0 aliphatic heterocycles. The second-order valence-corrected chi connectivity index (χ2v) is 5.68. The topological polar surface area (TPSA) is 55.8 Å². The van der Waals surface area contributed by atoms with E-state index < -0.39 is 5.41 Å². The monoisotopic (exact) mass is 293 g/mol. The van der Waals surface area contributed by atoms with Gasteiger partial charge in [-0.15, -0.1) is 0 Å². The van der Waals surface area contributed by atoms with Crippen molar-refractivity contribution in [3.63, 3.8) is 0 Å². The SMILES string of the molecule is COC(=O)/C=C1\CCC[C@@]2(C(=O)N(C)OC)CCC=C[C@H]12. The van der Waals surface area contributed by atoms with Crippen LogP contribution in [0.1, 0.15) is 32.1 Å². The molecule has 21 heavy (non-hydrogen) atoms. The molecule has 2 aliphatic rings. The number of hydrogen-bond donors (Lipinski definition) is 0. The maximum Gasteiger partial charge on any atom is 0.330 e. The average molecular weight is 293 g/mol. The van der Waals surface area contributed by atoms with E-state index in [0.29, 0.717) is 0 Å². The Labute approximate surface area is 125 Å². The summed E-state index contributed by atoms with van der Waals surface area (Å²) < 4.78 is 4.74. The molecule has 0 saturated heterocycles. The number of fused-ring (bicyclic) bond motifs is 1. The first-order valence-electron chi connectivity index (χ1n) is 7.32. The van der Waals surface area contributed by atoms with Crippen molar-refractivity contribution in [2.45, 2.75) is 32.1 Å². The molecular weight excluding hydrogens is 270 g/mol. The first-order chi connectivity index (χ1) is 10.0. The molecule has 0 N–H and O–H groups in total. The Morgan fingerprint density at radius 2 is 2.14 bits per heavy atom. The highest BCUT2D eigenvalue weighted by Crippen LogP contribution is 2.51. The molecule has 1 saturated carbocycles. The summed E-state index contributed by atoms with van der Waals surface area (Å²) in [7, 11) is 4.51. The number of esters is 1. The lowest BCUT2D eigenvalue weighted by Crippen LogP contribution is -2.49. The molecule has 0 unspecified atom stereocenters. The van der Waals surface area contributed by atoms with Gasteiger partial charge in [0.1, 0.15) is 0 Å². The lowest BCUT2D eigenvalue weighted by molar-refractivity contribution is -0.184. The van der Waals surface area contributed by atoms with Gasteiger partial charge < -0.3 is 4.74 Å². The van der Waals surface area contributed by atoms with Crippen molar-refractivity contribution in [2.75, 3.05) is 21.3 Å². The Morgan fingerprint density at radius 3 is 2.81 bits per heavy atom. The second-order valence-electron chi connectivity index (χ2n) is 5.68. The zero-order valence-electron chi connectivity index (χ0n) is 12.9. The number of allylic oxidation sites excluding steroid dienone is 3. The summed E-state index contributed by atoms with van der Waals surface area (Å²) in [6, 6.07) is 0. The van der Waals surface area contributed by atoms with Crippen molar-refractivity contribution in [2.24, 2.45) is 11.3 Å². The first-order valence-corrected chi connectivity index (χ1v) is 7.32. The highest BCUT2D eigenvalue weighted by Gasteiger charge is 2.49. The summed E-state index contributed by atoms with van der Waals surface area (Å²) in [5.41, 5.74) is 0.499. The van der Waals surface area contributed by atoms with Crippen LogP contribution >= 0.6 is 0 Å². The van der Waals surface area contributed by atoms with E-state index in [2.05, 4.69) is 12.2 Å². The molecule has 2 aliphatic carbocycles. The number of ether oxygens (including phenoxy) is 1. The number of carbonyl (C=O) groups is 2. The summed E-state index contributed by atoms with van der Waals surface area (Å²) >= 11 is 0. The van der Waals surface area contributed by atoms with Crippen LogP contribution in [0.4, 0.5) is 0 Å². The minimum absolute atomic E-state index is 0.00480. The highest BCUT2D eigenvalue weighted by molar-refractivity contribution is 5.86. The Balaban J connectivity index is 2.38. The molecule has 0 bridgehead atoms. The van der Waals surface area contributed by atoms with E-state index in [1.807, 2.05) is 0 Å². The van der Waals surface area contributed by atoms with Gasteiger partial charge in [0.2, 0.25) is 0 Å². The minimum Gasteiger partial charge on any atom is -0.466 e. The number of nitrogens with zero attached hydrogens (tertiary/aromatic N) is 1. The van der Waals surface area contributed by atoms with Gasteiger partial charge in [-0.1, -0.05) is 17.7 Å². The number of rotatable bonds is 3. The molecule has 5 nitrogen and oxygen atoms in total. The largest absolute Gasteiger partial charge is 0.466 e.